The van der Waals surface area contributed by atoms with E-state index in [2.05, 4.69) is 10.6 Å². The molecule has 0 fully saturated rings. The average Bonchev–Trinajstić information content (AvgIpc) is 3.05. The van der Waals surface area contributed by atoms with Crippen LogP contribution in [-0.4, -0.2) is 18.4 Å². The van der Waals surface area contributed by atoms with Crippen molar-refractivity contribution >= 4 is 23.2 Å². The van der Waals surface area contributed by atoms with Crippen molar-refractivity contribution < 1.29 is 9.59 Å². The van der Waals surface area contributed by atoms with Gasteiger partial charge in [0.25, 0.3) is 5.91 Å². The Bertz CT molecular complexity index is 606. The maximum Gasteiger partial charge on any atom is 0.252 e. The highest BCUT2D eigenvalue weighted by molar-refractivity contribution is 7.08. The van der Waals surface area contributed by atoms with Crippen LogP contribution >= 0.6 is 11.3 Å². The van der Waals surface area contributed by atoms with Crippen LogP contribution in [0.5, 0.6) is 0 Å². The van der Waals surface area contributed by atoms with Crippen molar-refractivity contribution in [3.8, 4) is 0 Å². The van der Waals surface area contributed by atoms with E-state index < -0.39 is 0 Å². The Kier molecular flexibility index (Phi) is 6.15. The highest BCUT2D eigenvalue weighted by Crippen LogP contribution is 2.05. The third-order valence-electron chi connectivity index (χ3n) is 3.26. The van der Waals surface area contributed by atoms with E-state index in [0.29, 0.717) is 31.5 Å². The number of aryl methyl sites for hydroxylation is 1. The van der Waals surface area contributed by atoms with E-state index >= 15 is 0 Å². The number of carbonyl (C=O) groups excluding carboxylic acids is 2. The van der Waals surface area contributed by atoms with Gasteiger partial charge in [0.15, 0.2) is 0 Å². The van der Waals surface area contributed by atoms with Gasteiger partial charge in [-0.05, 0) is 30.4 Å². The summed E-state index contributed by atoms with van der Waals surface area (Å²) >= 11 is 1.49. The molecule has 2 aromatic rings. The molecule has 0 aliphatic heterocycles. The fraction of sp³-hybridized carbons (Fsp3) is 0.294. The van der Waals surface area contributed by atoms with Crippen molar-refractivity contribution in [1.82, 2.24) is 10.6 Å². The first-order valence-electron chi connectivity index (χ1n) is 7.28. The number of hydrogen-bond donors (Lipinski definition) is 2. The van der Waals surface area contributed by atoms with E-state index in [0.717, 1.165) is 5.56 Å². The van der Waals surface area contributed by atoms with Crippen LogP contribution in [0.1, 0.15) is 34.3 Å². The van der Waals surface area contributed by atoms with Crippen LogP contribution in [0.15, 0.2) is 41.1 Å². The van der Waals surface area contributed by atoms with Crippen molar-refractivity contribution in [2.45, 2.75) is 26.3 Å². The number of hydrogen-bond acceptors (Lipinski definition) is 3. The lowest BCUT2D eigenvalue weighted by atomic mass is 10.1. The number of amides is 2. The largest absolute Gasteiger partial charge is 0.352 e. The molecule has 4 nitrogen and oxygen atoms in total. The van der Waals surface area contributed by atoms with Gasteiger partial charge in [0, 0.05) is 30.5 Å². The van der Waals surface area contributed by atoms with E-state index in [1.54, 1.807) is 6.07 Å². The zero-order chi connectivity index (χ0) is 15.8. The molecule has 2 amide bonds. The number of rotatable bonds is 7. The number of benzene rings is 1. The molecular formula is C17H20N2O2S. The summed E-state index contributed by atoms with van der Waals surface area (Å²) in [6, 6.07) is 9.87. The van der Waals surface area contributed by atoms with Gasteiger partial charge < -0.3 is 10.6 Å². The molecule has 1 aromatic carbocycles. The Morgan fingerprint density at radius 3 is 2.55 bits per heavy atom. The first-order valence-corrected chi connectivity index (χ1v) is 8.22. The quantitative estimate of drug-likeness (QED) is 0.772. The molecule has 0 aliphatic carbocycles. The topological polar surface area (TPSA) is 58.2 Å². The number of thiophene rings is 1. The van der Waals surface area contributed by atoms with Crippen LogP contribution in [0.2, 0.25) is 0 Å². The van der Waals surface area contributed by atoms with E-state index in [1.165, 1.54) is 16.9 Å². The molecular weight excluding hydrogens is 296 g/mol. The minimum atomic E-state index is -0.0821. The molecule has 0 radical (unpaired) electrons. The first kappa shape index (κ1) is 16.2. The number of carbonyl (C=O) groups is 2. The molecule has 0 bridgehead atoms. The van der Waals surface area contributed by atoms with Crippen LogP contribution in [0.3, 0.4) is 0 Å². The fourth-order valence-corrected chi connectivity index (χ4v) is 2.58. The maximum absolute atomic E-state index is 11.7. The van der Waals surface area contributed by atoms with Crippen molar-refractivity contribution in [3.05, 3.63) is 57.8 Å². The summed E-state index contributed by atoms with van der Waals surface area (Å²) in [6.45, 7) is 3.08. The molecule has 0 saturated heterocycles. The molecule has 116 valence electrons. The monoisotopic (exact) mass is 316 g/mol. The van der Waals surface area contributed by atoms with Crippen LogP contribution in [0.4, 0.5) is 0 Å². The SMILES string of the molecule is Cc1ccc(CNC(=O)CCCNC(=O)c2ccsc2)cc1. The minimum Gasteiger partial charge on any atom is -0.352 e. The first-order chi connectivity index (χ1) is 10.6. The Morgan fingerprint density at radius 2 is 1.86 bits per heavy atom. The summed E-state index contributed by atoms with van der Waals surface area (Å²) in [4.78, 5) is 23.4. The van der Waals surface area contributed by atoms with E-state index in [1.807, 2.05) is 41.9 Å². The van der Waals surface area contributed by atoms with E-state index in [-0.39, 0.29) is 11.8 Å². The van der Waals surface area contributed by atoms with Crippen LogP contribution in [-0.2, 0) is 11.3 Å². The van der Waals surface area contributed by atoms with Crippen LogP contribution in [0, 0.1) is 6.92 Å². The summed E-state index contributed by atoms with van der Waals surface area (Å²) in [7, 11) is 0. The van der Waals surface area contributed by atoms with Gasteiger partial charge in [-0.2, -0.15) is 11.3 Å². The van der Waals surface area contributed by atoms with Gasteiger partial charge in [0.05, 0.1) is 0 Å². The molecule has 2 rings (SSSR count). The summed E-state index contributed by atoms with van der Waals surface area (Å²) in [5.41, 5.74) is 2.97. The molecule has 0 atom stereocenters. The summed E-state index contributed by atoms with van der Waals surface area (Å²) in [5.74, 6) is -0.0772. The van der Waals surface area contributed by atoms with Crippen LogP contribution in [0.25, 0.3) is 0 Å². The van der Waals surface area contributed by atoms with Crippen molar-refractivity contribution in [2.24, 2.45) is 0 Å². The van der Waals surface area contributed by atoms with E-state index in [9.17, 15) is 9.59 Å². The fourth-order valence-electron chi connectivity index (χ4n) is 1.94. The van der Waals surface area contributed by atoms with Gasteiger partial charge in [-0.1, -0.05) is 29.8 Å². The van der Waals surface area contributed by atoms with Crippen molar-refractivity contribution in [2.75, 3.05) is 6.54 Å². The molecule has 0 saturated carbocycles. The molecule has 0 unspecified atom stereocenters. The summed E-state index contributed by atoms with van der Waals surface area (Å²) in [5, 5.41) is 9.37. The molecule has 22 heavy (non-hydrogen) atoms. The lowest BCUT2D eigenvalue weighted by molar-refractivity contribution is -0.121. The Hall–Kier alpha value is -2.14. The molecule has 0 spiro atoms. The standard InChI is InChI=1S/C17H20N2O2S/c1-13-4-6-14(7-5-13)11-19-16(20)3-2-9-18-17(21)15-8-10-22-12-15/h4-8,10,12H,2-3,9,11H2,1H3,(H,18,21)(H,19,20). The van der Waals surface area contributed by atoms with E-state index in [4.69, 9.17) is 0 Å². The second-order valence-corrected chi connectivity index (χ2v) is 5.91. The average molecular weight is 316 g/mol. The van der Waals surface area contributed by atoms with Gasteiger partial charge in [0.1, 0.15) is 0 Å². The second kappa shape index (κ2) is 8.34. The second-order valence-electron chi connectivity index (χ2n) is 5.13. The third kappa shape index (κ3) is 5.33. The Morgan fingerprint density at radius 1 is 1.09 bits per heavy atom. The smallest absolute Gasteiger partial charge is 0.252 e. The number of nitrogens with one attached hydrogen (secondary N) is 2. The Labute approximate surface area is 134 Å². The molecule has 2 N–H and O–H groups in total. The maximum atomic E-state index is 11.7. The molecule has 0 aliphatic rings. The van der Waals surface area contributed by atoms with Gasteiger partial charge >= 0.3 is 0 Å². The predicted octanol–water partition coefficient (Wildman–Crippen LogP) is 2.88. The van der Waals surface area contributed by atoms with Gasteiger partial charge in [0.2, 0.25) is 5.91 Å². The van der Waals surface area contributed by atoms with Crippen molar-refractivity contribution in [1.29, 1.82) is 0 Å². The minimum absolute atomic E-state index is 0.00496. The third-order valence-corrected chi connectivity index (χ3v) is 3.94. The summed E-state index contributed by atoms with van der Waals surface area (Å²) in [6.07, 6.45) is 1.05. The van der Waals surface area contributed by atoms with Crippen molar-refractivity contribution in [3.63, 3.8) is 0 Å². The Balaban J connectivity index is 1.59. The molecule has 1 aromatic heterocycles. The van der Waals surface area contributed by atoms with Gasteiger partial charge in [-0.15, -0.1) is 0 Å². The zero-order valence-corrected chi connectivity index (χ0v) is 13.4. The molecule has 5 heteroatoms. The lowest BCUT2D eigenvalue weighted by Crippen LogP contribution is -2.27. The highest BCUT2D eigenvalue weighted by atomic mass is 32.1. The molecule has 1 heterocycles. The lowest BCUT2D eigenvalue weighted by Gasteiger charge is -2.06. The normalized spacial score (nSPS) is 10.2. The zero-order valence-electron chi connectivity index (χ0n) is 12.6. The van der Waals surface area contributed by atoms with Crippen LogP contribution < -0.4 is 10.6 Å². The predicted molar refractivity (Wildman–Crippen MR) is 88.9 cm³/mol. The van der Waals surface area contributed by atoms with Gasteiger partial charge in [-0.25, -0.2) is 0 Å². The van der Waals surface area contributed by atoms with Gasteiger partial charge in [-0.3, -0.25) is 9.59 Å². The highest BCUT2D eigenvalue weighted by Gasteiger charge is 2.05. The summed E-state index contributed by atoms with van der Waals surface area (Å²) < 4.78 is 0.